The van der Waals surface area contributed by atoms with Crippen molar-refractivity contribution in [2.75, 3.05) is 5.32 Å². The molecule has 4 aromatic rings. The van der Waals surface area contributed by atoms with E-state index in [2.05, 4.69) is 65.8 Å². The summed E-state index contributed by atoms with van der Waals surface area (Å²) >= 11 is 7.74. The van der Waals surface area contributed by atoms with Gasteiger partial charge in [-0.25, -0.2) is 4.98 Å². The van der Waals surface area contributed by atoms with Gasteiger partial charge in [0.05, 0.1) is 15.1 Å². The van der Waals surface area contributed by atoms with E-state index in [9.17, 15) is 4.79 Å². The van der Waals surface area contributed by atoms with Gasteiger partial charge in [-0.05, 0) is 47.7 Å². The largest absolute Gasteiger partial charge is 0.301 e. The van der Waals surface area contributed by atoms with Gasteiger partial charge in [0.1, 0.15) is 5.52 Å². The number of hydrogen-bond acceptors (Lipinski definition) is 3. The highest BCUT2D eigenvalue weighted by molar-refractivity contribution is 7.22. The van der Waals surface area contributed by atoms with Crippen LogP contribution in [0.1, 0.15) is 47.4 Å². The Hall–Kier alpha value is -2.69. The van der Waals surface area contributed by atoms with Crippen LogP contribution in [0.25, 0.3) is 10.2 Å². The van der Waals surface area contributed by atoms with E-state index in [-0.39, 0.29) is 17.7 Å². The maximum absolute atomic E-state index is 13.7. The molecule has 3 aliphatic carbocycles. The SMILES string of the molecule is CC1(C(=O)Nc2nc3c(Cl)cccc3s2)CC2c3ccccc3C1c1ccccc12. The van der Waals surface area contributed by atoms with Gasteiger partial charge >= 0.3 is 0 Å². The Morgan fingerprint density at radius 1 is 1.00 bits per heavy atom. The molecule has 1 N–H and O–H groups in total. The lowest BCUT2D eigenvalue weighted by Gasteiger charge is -2.50. The topological polar surface area (TPSA) is 42.0 Å². The van der Waals surface area contributed by atoms with Crippen molar-refractivity contribution in [2.45, 2.75) is 25.2 Å². The fraction of sp³-hybridized carbons (Fsp3) is 0.200. The Morgan fingerprint density at radius 2 is 1.63 bits per heavy atom. The zero-order valence-electron chi connectivity index (χ0n) is 16.4. The number of halogens is 1. The Morgan fingerprint density at radius 3 is 2.27 bits per heavy atom. The second-order valence-corrected chi connectivity index (χ2v) is 9.86. The number of thiazole rings is 1. The third kappa shape index (κ3) is 2.44. The van der Waals surface area contributed by atoms with Gasteiger partial charge in [0, 0.05) is 11.8 Å². The van der Waals surface area contributed by atoms with Gasteiger partial charge in [-0.1, -0.05) is 77.5 Å². The number of fused-ring (bicyclic) bond motifs is 2. The molecule has 148 valence electrons. The highest BCUT2D eigenvalue weighted by Gasteiger charge is 2.53. The number of rotatable bonds is 2. The maximum Gasteiger partial charge on any atom is 0.233 e. The van der Waals surface area contributed by atoms with E-state index in [1.807, 2.05) is 18.2 Å². The van der Waals surface area contributed by atoms with Crippen molar-refractivity contribution < 1.29 is 4.79 Å². The summed E-state index contributed by atoms with van der Waals surface area (Å²) in [4.78, 5) is 18.3. The van der Waals surface area contributed by atoms with Crippen LogP contribution < -0.4 is 5.32 Å². The summed E-state index contributed by atoms with van der Waals surface area (Å²) in [6.45, 7) is 2.10. The number of nitrogens with zero attached hydrogens (tertiary/aromatic N) is 1. The minimum Gasteiger partial charge on any atom is -0.301 e. The number of carbonyl (C=O) groups excluding carboxylic acids is 1. The highest BCUT2D eigenvalue weighted by atomic mass is 35.5. The van der Waals surface area contributed by atoms with Gasteiger partial charge in [0.15, 0.2) is 5.13 Å². The van der Waals surface area contributed by atoms with Crippen molar-refractivity contribution in [3.63, 3.8) is 0 Å². The van der Waals surface area contributed by atoms with Crippen LogP contribution in [0.5, 0.6) is 0 Å². The fourth-order valence-electron chi connectivity index (χ4n) is 5.40. The molecule has 0 aliphatic heterocycles. The predicted octanol–water partition coefficient (Wildman–Crippen LogP) is 6.58. The van der Waals surface area contributed by atoms with Gasteiger partial charge < -0.3 is 5.32 Å². The molecule has 0 radical (unpaired) electrons. The number of amides is 1. The number of nitrogens with one attached hydrogen (secondary N) is 1. The summed E-state index contributed by atoms with van der Waals surface area (Å²) in [7, 11) is 0. The number of carbonyl (C=O) groups is 1. The molecule has 1 amide bonds. The van der Waals surface area contributed by atoms with Crippen molar-refractivity contribution in [1.82, 2.24) is 4.98 Å². The van der Waals surface area contributed by atoms with Crippen LogP contribution >= 0.6 is 22.9 Å². The monoisotopic (exact) mass is 430 g/mol. The lowest BCUT2D eigenvalue weighted by molar-refractivity contribution is -0.126. The highest BCUT2D eigenvalue weighted by Crippen LogP contribution is 2.61. The van der Waals surface area contributed by atoms with Crippen LogP contribution in [-0.4, -0.2) is 10.9 Å². The first-order chi connectivity index (χ1) is 14.6. The normalized spacial score (nSPS) is 23.8. The number of hydrogen-bond donors (Lipinski definition) is 1. The zero-order chi connectivity index (χ0) is 20.5. The molecule has 7 rings (SSSR count). The second kappa shape index (κ2) is 6.40. The van der Waals surface area contributed by atoms with Crippen molar-refractivity contribution in [3.05, 3.63) is 94.0 Å². The maximum atomic E-state index is 13.7. The first kappa shape index (κ1) is 18.1. The Kier molecular flexibility index (Phi) is 3.86. The lowest BCUT2D eigenvalue weighted by Crippen LogP contribution is -2.47. The molecule has 3 aromatic carbocycles. The van der Waals surface area contributed by atoms with E-state index >= 15 is 0 Å². The van der Waals surface area contributed by atoms with Gasteiger partial charge in [-0.2, -0.15) is 0 Å². The van der Waals surface area contributed by atoms with E-state index in [1.54, 1.807) is 0 Å². The van der Waals surface area contributed by atoms with Crippen molar-refractivity contribution in [3.8, 4) is 0 Å². The average molecular weight is 431 g/mol. The molecule has 2 bridgehead atoms. The average Bonchev–Trinajstić information content (AvgIpc) is 3.18. The summed E-state index contributed by atoms with van der Waals surface area (Å²) in [5, 5.41) is 4.34. The lowest BCUT2D eigenvalue weighted by atomic mass is 9.52. The Labute approximate surface area is 183 Å². The molecule has 1 unspecified atom stereocenters. The van der Waals surface area contributed by atoms with Crippen molar-refractivity contribution >= 4 is 44.2 Å². The molecule has 0 saturated carbocycles. The molecular weight excluding hydrogens is 412 g/mol. The molecule has 1 atom stereocenters. The number of para-hydroxylation sites is 1. The molecule has 5 heteroatoms. The van der Waals surface area contributed by atoms with E-state index in [0.29, 0.717) is 10.2 Å². The van der Waals surface area contributed by atoms with Gasteiger partial charge in [0.2, 0.25) is 5.91 Å². The minimum atomic E-state index is -0.547. The van der Waals surface area contributed by atoms with Crippen LogP contribution in [0, 0.1) is 5.41 Å². The zero-order valence-corrected chi connectivity index (χ0v) is 17.9. The molecule has 1 aromatic heterocycles. The summed E-state index contributed by atoms with van der Waals surface area (Å²) < 4.78 is 0.976. The quantitative estimate of drug-likeness (QED) is 0.390. The fourth-order valence-corrected chi connectivity index (χ4v) is 6.56. The van der Waals surface area contributed by atoms with E-state index in [0.717, 1.165) is 16.6 Å². The smallest absolute Gasteiger partial charge is 0.233 e. The van der Waals surface area contributed by atoms with Crippen LogP contribution in [0.15, 0.2) is 66.7 Å². The summed E-state index contributed by atoms with van der Waals surface area (Å²) in [5.41, 5.74) is 5.46. The van der Waals surface area contributed by atoms with Crippen LogP contribution in [0.4, 0.5) is 5.13 Å². The van der Waals surface area contributed by atoms with Crippen molar-refractivity contribution in [2.24, 2.45) is 5.41 Å². The van der Waals surface area contributed by atoms with Crippen LogP contribution in [0.2, 0.25) is 5.02 Å². The number of benzene rings is 3. The molecule has 30 heavy (non-hydrogen) atoms. The first-order valence-corrected chi connectivity index (χ1v) is 11.3. The molecule has 1 heterocycles. The molecule has 0 saturated heterocycles. The number of anilines is 1. The van der Waals surface area contributed by atoms with Gasteiger partial charge in [0.25, 0.3) is 0 Å². The third-order valence-corrected chi connectivity index (χ3v) is 7.98. The predicted molar refractivity (Wildman–Crippen MR) is 123 cm³/mol. The van der Waals surface area contributed by atoms with Gasteiger partial charge in [-0.15, -0.1) is 0 Å². The summed E-state index contributed by atoms with van der Waals surface area (Å²) in [6.07, 6.45) is 0.795. The van der Waals surface area contributed by atoms with Crippen LogP contribution in [0.3, 0.4) is 0 Å². The Bertz CT molecular complexity index is 1280. The molecule has 3 aliphatic rings. The molecule has 0 fully saturated rings. The van der Waals surface area contributed by atoms with Crippen LogP contribution in [-0.2, 0) is 4.79 Å². The van der Waals surface area contributed by atoms with E-state index < -0.39 is 5.41 Å². The third-order valence-electron chi connectivity index (χ3n) is 6.74. The van der Waals surface area contributed by atoms with E-state index in [4.69, 9.17) is 11.6 Å². The minimum absolute atomic E-state index is 0.0247. The molecule has 0 spiro atoms. The molecular formula is C25H19ClN2OS. The molecule has 3 nitrogen and oxygen atoms in total. The standard InChI is InChI=1S/C25H19ClN2OS/c1-25(23(29)28-24-27-22-19(26)11-6-12-20(22)30-24)13-18-14-7-2-4-9-16(14)21(25)17-10-5-3-8-15(17)18/h2-12,18,21H,13H2,1H3,(H,27,28,29). The summed E-state index contributed by atoms with van der Waals surface area (Å²) in [5.74, 6) is 0.299. The van der Waals surface area contributed by atoms with E-state index in [1.165, 1.54) is 33.6 Å². The first-order valence-electron chi connectivity index (χ1n) is 10.1. The van der Waals surface area contributed by atoms with Crippen molar-refractivity contribution in [1.29, 1.82) is 0 Å². The number of aromatic nitrogens is 1. The Balaban J connectivity index is 1.43. The summed E-state index contributed by atoms with van der Waals surface area (Å²) in [6, 6.07) is 22.9. The second-order valence-electron chi connectivity index (χ2n) is 8.42. The van der Waals surface area contributed by atoms with Gasteiger partial charge in [-0.3, -0.25) is 4.79 Å².